The molecule has 1 heterocycles. The van der Waals surface area contributed by atoms with Gasteiger partial charge in [-0.1, -0.05) is 12.1 Å². The Bertz CT molecular complexity index is 989. The Balaban J connectivity index is 1.93. The summed E-state index contributed by atoms with van der Waals surface area (Å²) in [6.07, 6.45) is -4.55. The summed E-state index contributed by atoms with van der Waals surface area (Å²) in [5.74, 6) is -0.736. The maximum absolute atomic E-state index is 12.8. The average molecular weight is 377 g/mol. The molecule has 0 unspecified atom stereocenters. The van der Waals surface area contributed by atoms with Crippen molar-refractivity contribution in [1.82, 2.24) is 9.97 Å². The van der Waals surface area contributed by atoms with E-state index >= 15 is 0 Å². The second kappa shape index (κ2) is 7.10. The fourth-order valence-corrected chi connectivity index (χ4v) is 2.43. The van der Waals surface area contributed by atoms with Gasteiger partial charge in [-0.05, 0) is 35.9 Å². The van der Waals surface area contributed by atoms with Crippen LogP contribution < -0.4 is 10.1 Å². The number of ether oxygens (including phenoxy) is 1. The molecule has 2 N–H and O–H groups in total. The Hall–Kier alpha value is -3.36. The van der Waals surface area contributed by atoms with E-state index in [2.05, 4.69) is 15.3 Å². The molecular weight excluding hydrogens is 363 g/mol. The minimum atomic E-state index is -4.55. The van der Waals surface area contributed by atoms with Crippen LogP contribution in [0.15, 0.2) is 42.5 Å². The van der Waals surface area contributed by atoms with Gasteiger partial charge in [0, 0.05) is 6.54 Å². The van der Waals surface area contributed by atoms with Gasteiger partial charge in [-0.25, -0.2) is 14.8 Å². The molecule has 27 heavy (non-hydrogen) atoms. The molecule has 6 nitrogen and oxygen atoms in total. The van der Waals surface area contributed by atoms with E-state index in [1.165, 1.54) is 0 Å². The van der Waals surface area contributed by atoms with E-state index in [4.69, 9.17) is 4.74 Å². The van der Waals surface area contributed by atoms with Gasteiger partial charge >= 0.3 is 12.1 Å². The third kappa shape index (κ3) is 4.08. The van der Waals surface area contributed by atoms with Gasteiger partial charge in [0.15, 0.2) is 11.5 Å². The van der Waals surface area contributed by atoms with Crippen LogP contribution in [0.25, 0.3) is 11.0 Å². The van der Waals surface area contributed by atoms with Crippen molar-refractivity contribution in [2.75, 3.05) is 12.4 Å². The third-order valence-corrected chi connectivity index (χ3v) is 3.81. The maximum atomic E-state index is 12.8. The summed E-state index contributed by atoms with van der Waals surface area (Å²) in [6.45, 7) is 0.255. The van der Waals surface area contributed by atoms with Crippen molar-refractivity contribution < 1.29 is 27.8 Å². The van der Waals surface area contributed by atoms with E-state index in [-0.39, 0.29) is 23.4 Å². The van der Waals surface area contributed by atoms with Crippen LogP contribution in [-0.2, 0) is 12.7 Å². The first-order chi connectivity index (χ1) is 12.8. The molecule has 0 fully saturated rings. The van der Waals surface area contributed by atoms with Gasteiger partial charge in [-0.2, -0.15) is 13.2 Å². The third-order valence-electron chi connectivity index (χ3n) is 3.81. The minimum absolute atomic E-state index is 0.0226. The highest BCUT2D eigenvalue weighted by molar-refractivity contribution is 5.94. The molecule has 0 aliphatic carbocycles. The van der Waals surface area contributed by atoms with Crippen LogP contribution >= 0.6 is 0 Å². The van der Waals surface area contributed by atoms with Crippen LogP contribution in [0.4, 0.5) is 19.0 Å². The van der Waals surface area contributed by atoms with Gasteiger partial charge in [0.1, 0.15) is 5.75 Å². The fraction of sp³-hybridized carbons (Fsp3) is 0.167. The molecule has 0 aliphatic rings. The van der Waals surface area contributed by atoms with E-state index in [0.717, 1.165) is 23.8 Å². The Morgan fingerprint density at radius 1 is 1.11 bits per heavy atom. The van der Waals surface area contributed by atoms with Crippen LogP contribution in [0.2, 0.25) is 0 Å². The number of carbonyl (C=O) groups is 1. The molecule has 0 spiro atoms. The molecule has 3 rings (SSSR count). The van der Waals surface area contributed by atoms with E-state index in [1.54, 1.807) is 31.4 Å². The predicted octanol–water partition coefficient (Wildman–Crippen LogP) is 3.97. The zero-order valence-electron chi connectivity index (χ0n) is 14.0. The lowest BCUT2D eigenvalue weighted by atomic mass is 10.2. The Kier molecular flexibility index (Phi) is 4.85. The number of rotatable bonds is 5. The highest BCUT2D eigenvalue weighted by atomic mass is 19.4. The highest BCUT2D eigenvalue weighted by Crippen LogP contribution is 2.31. The second-order valence-electron chi connectivity index (χ2n) is 5.63. The molecule has 3 aromatic rings. The van der Waals surface area contributed by atoms with Gasteiger partial charge < -0.3 is 15.2 Å². The Morgan fingerprint density at radius 2 is 1.81 bits per heavy atom. The van der Waals surface area contributed by atoms with Crippen LogP contribution in [-0.4, -0.2) is 28.2 Å². The first kappa shape index (κ1) is 18.4. The number of halogens is 3. The summed E-state index contributed by atoms with van der Waals surface area (Å²) in [4.78, 5) is 19.4. The number of aromatic carboxylic acids is 1. The molecule has 0 bridgehead atoms. The molecule has 0 radical (unpaired) electrons. The number of benzene rings is 2. The summed E-state index contributed by atoms with van der Waals surface area (Å²) in [5.41, 5.74) is -0.515. The molecule has 9 heteroatoms. The topological polar surface area (TPSA) is 84.3 Å². The minimum Gasteiger partial charge on any atom is -0.497 e. The first-order valence-corrected chi connectivity index (χ1v) is 7.77. The molecule has 2 aromatic carbocycles. The molecule has 0 amide bonds. The van der Waals surface area contributed by atoms with Crippen LogP contribution in [0, 0.1) is 0 Å². The lowest BCUT2D eigenvalue weighted by Crippen LogP contribution is -2.12. The predicted molar refractivity (Wildman–Crippen MR) is 91.8 cm³/mol. The van der Waals surface area contributed by atoms with Crippen molar-refractivity contribution in [1.29, 1.82) is 0 Å². The van der Waals surface area contributed by atoms with Crippen molar-refractivity contribution in [2.45, 2.75) is 12.7 Å². The van der Waals surface area contributed by atoms with Gasteiger partial charge in [0.25, 0.3) is 0 Å². The number of carboxylic acids is 1. The first-order valence-electron chi connectivity index (χ1n) is 7.77. The largest absolute Gasteiger partial charge is 0.497 e. The SMILES string of the molecule is COc1ccc(CNc2nc3ccc(C(F)(F)F)cc3nc2C(=O)O)cc1. The van der Waals surface area contributed by atoms with Gasteiger partial charge in [-0.15, -0.1) is 0 Å². The quantitative estimate of drug-likeness (QED) is 0.700. The number of alkyl halides is 3. The normalized spacial score (nSPS) is 11.4. The average Bonchev–Trinajstić information content (AvgIpc) is 2.64. The number of anilines is 1. The van der Waals surface area contributed by atoms with E-state index in [0.29, 0.717) is 5.75 Å². The number of hydrogen-bond donors (Lipinski definition) is 2. The van der Waals surface area contributed by atoms with Crippen molar-refractivity contribution >= 4 is 22.8 Å². The number of carboxylic acid groups (broad SMARTS) is 1. The van der Waals surface area contributed by atoms with Gasteiger partial charge in [-0.3, -0.25) is 0 Å². The number of methoxy groups -OCH3 is 1. The van der Waals surface area contributed by atoms with E-state index in [1.807, 2.05) is 0 Å². The van der Waals surface area contributed by atoms with Crippen molar-refractivity contribution in [3.63, 3.8) is 0 Å². The molecule has 0 aliphatic heterocycles. The Morgan fingerprint density at radius 3 is 2.41 bits per heavy atom. The Labute approximate surface area is 151 Å². The summed E-state index contributed by atoms with van der Waals surface area (Å²) in [5, 5.41) is 12.2. The number of hydrogen-bond acceptors (Lipinski definition) is 5. The maximum Gasteiger partial charge on any atom is 0.416 e. The van der Waals surface area contributed by atoms with Crippen LogP contribution in [0.5, 0.6) is 5.75 Å². The molecule has 0 saturated carbocycles. The summed E-state index contributed by atoms with van der Waals surface area (Å²) in [7, 11) is 1.54. The van der Waals surface area contributed by atoms with Gasteiger partial charge in [0.05, 0.1) is 23.7 Å². The lowest BCUT2D eigenvalue weighted by molar-refractivity contribution is -0.137. The van der Waals surface area contributed by atoms with Crippen molar-refractivity contribution in [3.8, 4) is 5.75 Å². The standard InChI is InChI=1S/C18H14F3N3O3/c1-27-12-5-2-10(3-6-12)9-22-16-15(17(25)26)23-14-8-11(18(19,20)21)4-7-13(14)24-16/h2-8H,9H2,1H3,(H,22,24)(H,25,26). The zero-order valence-corrected chi connectivity index (χ0v) is 14.0. The van der Waals surface area contributed by atoms with Crippen molar-refractivity contribution in [3.05, 3.63) is 59.3 Å². The number of aromatic nitrogens is 2. The summed E-state index contributed by atoms with van der Waals surface area (Å²) in [6, 6.07) is 9.90. The molecule has 140 valence electrons. The van der Waals surface area contributed by atoms with Crippen molar-refractivity contribution in [2.24, 2.45) is 0 Å². The van der Waals surface area contributed by atoms with E-state index < -0.39 is 23.4 Å². The number of nitrogens with one attached hydrogen (secondary N) is 1. The fourth-order valence-electron chi connectivity index (χ4n) is 2.43. The molecule has 0 saturated heterocycles. The zero-order chi connectivity index (χ0) is 19.6. The van der Waals surface area contributed by atoms with Crippen LogP contribution in [0.3, 0.4) is 0 Å². The highest BCUT2D eigenvalue weighted by Gasteiger charge is 2.31. The second-order valence-corrected chi connectivity index (χ2v) is 5.63. The monoisotopic (exact) mass is 377 g/mol. The molecular formula is C18H14F3N3O3. The summed E-state index contributed by atoms with van der Waals surface area (Å²) < 4.78 is 43.6. The molecule has 1 aromatic heterocycles. The number of nitrogens with zero attached hydrogens (tertiary/aromatic N) is 2. The van der Waals surface area contributed by atoms with E-state index in [9.17, 15) is 23.1 Å². The number of fused-ring (bicyclic) bond motifs is 1. The molecule has 0 atom stereocenters. The van der Waals surface area contributed by atoms with Gasteiger partial charge in [0.2, 0.25) is 0 Å². The van der Waals surface area contributed by atoms with Crippen LogP contribution in [0.1, 0.15) is 21.6 Å². The summed E-state index contributed by atoms with van der Waals surface area (Å²) >= 11 is 0. The lowest BCUT2D eigenvalue weighted by Gasteiger charge is -2.11. The smallest absolute Gasteiger partial charge is 0.416 e.